The smallest absolute Gasteiger partial charge is 0.255 e. The molecule has 2 aliphatic heterocycles. The van der Waals surface area contributed by atoms with Crippen LogP contribution >= 0.6 is 11.6 Å². The van der Waals surface area contributed by atoms with Crippen molar-refractivity contribution < 1.29 is 4.79 Å². The molecule has 1 aliphatic carbocycles. The molecule has 4 rings (SSSR count). The van der Waals surface area contributed by atoms with E-state index in [0.717, 1.165) is 42.2 Å². The number of nitrogens with one attached hydrogen (secondary N) is 1. The van der Waals surface area contributed by atoms with Gasteiger partial charge in [0.2, 0.25) is 0 Å². The minimum absolute atomic E-state index is 0.0859. The molecule has 5 heteroatoms. The molecule has 0 radical (unpaired) electrons. The fourth-order valence-electron chi connectivity index (χ4n) is 4.67. The summed E-state index contributed by atoms with van der Waals surface area (Å²) in [6, 6.07) is 5.95. The molecule has 2 unspecified atom stereocenters. The zero-order valence-electron chi connectivity index (χ0n) is 18.5. The van der Waals surface area contributed by atoms with Gasteiger partial charge in [-0.2, -0.15) is 0 Å². The molecule has 1 aromatic rings. The maximum absolute atomic E-state index is 12.9. The van der Waals surface area contributed by atoms with Crippen LogP contribution in [0.15, 0.2) is 57.7 Å². The second-order valence-corrected chi connectivity index (χ2v) is 9.28. The molecule has 0 bridgehead atoms. The molecule has 0 aromatic heterocycles. The molecule has 1 amide bonds. The Bertz CT molecular complexity index is 951. The van der Waals surface area contributed by atoms with Crippen LogP contribution in [0.3, 0.4) is 0 Å². The van der Waals surface area contributed by atoms with Crippen molar-refractivity contribution in [1.82, 2.24) is 10.2 Å². The van der Waals surface area contributed by atoms with Crippen molar-refractivity contribution in [3.8, 4) is 0 Å². The molecule has 0 spiro atoms. The highest BCUT2D eigenvalue weighted by Gasteiger charge is 2.21. The second-order valence-electron chi connectivity index (χ2n) is 8.87. The largest absolute Gasteiger partial charge is 0.321 e. The zero-order valence-corrected chi connectivity index (χ0v) is 19.3. The van der Waals surface area contributed by atoms with Gasteiger partial charge < -0.3 is 5.32 Å². The maximum Gasteiger partial charge on any atom is 0.255 e. The molecular weight excluding hydrogens is 406 g/mol. The number of allylic oxidation sites excluding steroid dienone is 5. The lowest BCUT2D eigenvalue weighted by Gasteiger charge is -2.28. The third-order valence-corrected chi connectivity index (χ3v) is 7.03. The van der Waals surface area contributed by atoms with Gasteiger partial charge >= 0.3 is 0 Å². The molecule has 2 heterocycles. The number of halogens is 1. The fourth-order valence-corrected chi connectivity index (χ4v) is 4.83. The van der Waals surface area contributed by atoms with Crippen molar-refractivity contribution >= 4 is 23.7 Å². The number of amides is 1. The average Bonchev–Trinajstić information content (AvgIpc) is 3.06. The van der Waals surface area contributed by atoms with Crippen molar-refractivity contribution in [1.29, 1.82) is 0 Å². The maximum atomic E-state index is 12.9. The quantitative estimate of drug-likeness (QED) is 0.642. The normalized spacial score (nSPS) is 24.7. The molecular formula is C26H32ClN3O. The SMILES string of the molecule is CC1=CC(c2cc(C(=O)NC3=CCC(N4CCCCCC4)N=C3)ccc2C)CC=C1Cl. The summed E-state index contributed by atoms with van der Waals surface area (Å²) >= 11 is 6.22. The number of hydrogen-bond acceptors (Lipinski definition) is 3. The number of benzene rings is 1. The lowest BCUT2D eigenvalue weighted by atomic mass is 9.86. The van der Waals surface area contributed by atoms with Crippen LogP contribution in [0.2, 0.25) is 0 Å². The van der Waals surface area contributed by atoms with E-state index >= 15 is 0 Å². The van der Waals surface area contributed by atoms with E-state index in [4.69, 9.17) is 16.6 Å². The second kappa shape index (κ2) is 9.97. The molecule has 3 aliphatic rings. The van der Waals surface area contributed by atoms with Crippen molar-refractivity contribution in [2.24, 2.45) is 4.99 Å². The van der Waals surface area contributed by atoms with Crippen LogP contribution in [0.1, 0.15) is 72.9 Å². The van der Waals surface area contributed by atoms with Crippen molar-refractivity contribution in [2.75, 3.05) is 13.1 Å². The fraction of sp³-hybridized carbons (Fsp3) is 0.462. The molecule has 1 saturated heterocycles. The predicted octanol–water partition coefficient (Wildman–Crippen LogP) is 5.84. The van der Waals surface area contributed by atoms with Gasteiger partial charge in [-0.25, -0.2) is 0 Å². The highest BCUT2D eigenvalue weighted by Crippen LogP contribution is 2.34. The Morgan fingerprint density at radius 2 is 1.87 bits per heavy atom. The van der Waals surface area contributed by atoms with E-state index in [0.29, 0.717) is 5.56 Å². The summed E-state index contributed by atoms with van der Waals surface area (Å²) in [5.41, 5.74) is 4.93. The molecule has 31 heavy (non-hydrogen) atoms. The Labute approximate surface area is 190 Å². The first kappa shape index (κ1) is 22.0. The van der Waals surface area contributed by atoms with Crippen LogP contribution in [0, 0.1) is 6.92 Å². The van der Waals surface area contributed by atoms with Gasteiger partial charge in [-0.1, -0.05) is 48.7 Å². The summed E-state index contributed by atoms with van der Waals surface area (Å²) < 4.78 is 0. The summed E-state index contributed by atoms with van der Waals surface area (Å²) in [5.74, 6) is 0.164. The minimum atomic E-state index is -0.0859. The number of dihydropyridines is 1. The van der Waals surface area contributed by atoms with E-state index in [9.17, 15) is 4.79 Å². The summed E-state index contributed by atoms with van der Waals surface area (Å²) in [6.45, 7) is 6.38. The number of aliphatic imine (C=N–C) groups is 1. The van der Waals surface area contributed by atoms with Crippen LogP contribution < -0.4 is 5.32 Å². The number of hydrogen-bond donors (Lipinski definition) is 1. The zero-order chi connectivity index (χ0) is 21.8. The lowest BCUT2D eigenvalue weighted by Crippen LogP contribution is -2.36. The number of carbonyl (C=O) groups is 1. The average molecular weight is 438 g/mol. The molecule has 4 nitrogen and oxygen atoms in total. The molecule has 1 aromatic carbocycles. The van der Waals surface area contributed by atoms with E-state index in [2.05, 4.69) is 35.4 Å². The standard InChI is InChI=1S/C26H32ClN3O/c1-18-7-8-21(16-23(18)20-9-11-24(27)19(2)15-20)26(31)29-22-10-12-25(28-17-22)30-13-5-3-4-6-14-30/h7-8,10-11,15-17,20,25H,3-6,9,12-14H2,1-2H3,(H,29,31). The summed E-state index contributed by atoms with van der Waals surface area (Å²) in [7, 11) is 0. The highest BCUT2D eigenvalue weighted by atomic mass is 35.5. The van der Waals surface area contributed by atoms with Crippen molar-refractivity contribution in [2.45, 2.75) is 64.5 Å². The van der Waals surface area contributed by atoms with E-state index < -0.39 is 0 Å². The first-order chi connectivity index (χ1) is 15.0. The summed E-state index contributed by atoms with van der Waals surface area (Å²) in [6.07, 6.45) is 15.3. The number of aryl methyl sites for hydroxylation is 1. The molecule has 0 saturated carbocycles. The third kappa shape index (κ3) is 5.36. The van der Waals surface area contributed by atoms with Gasteiger partial charge in [-0.15, -0.1) is 0 Å². The molecule has 2 atom stereocenters. The molecule has 1 N–H and O–H groups in total. The summed E-state index contributed by atoms with van der Waals surface area (Å²) in [4.78, 5) is 20.1. The number of rotatable bonds is 4. The summed E-state index contributed by atoms with van der Waals surface area (Å²) in [5, 5.41) is 3.87. The lowest BCUT2D eigenvalue weighted by molar-refractivity contribution is 0.0967. The van der Waals surface area contributed by atoms with Crippen LogP contribution in [0.5, 0.6) is 0 Å². The Morgan fingerprint density at radius 1 is 1.10 bits per heavy atom. The van der Waals surface area contributed by atoms with E-state index in [1.165, 1.54) is 36.8 Å². The van der Waals surface area contributed by atoms with Gasteiger partial charge in [-0.3, -0.25) is 14.7 Å². The van der Waals surface area contributed by atoms with Gasteiger partial charge in [0.1, 0.15) is 6.17 Å². The van der Waals surface area contributed by atoms with E-state index in [1.807, 2.05) is 31.3 Å². The first-order valence-corrected chi connectivity index (χ1v) is 11.8. The predicted molar refractivity (Wildman–Crippen MR) is 129 cm³/mol. The van der Waals surface area contributed by atoms with Gasteiger partial charge in [0, 0.05) is 42.2 Å². The monoisotopic (exact) mass is 437 g/mol. The van der Waals surface area contributed by atoms with Crippen LogP contribution in [-0.2, 0) is 0 Å². The third-order valence-electron chi connectivity index (χ3n) is 6.57. The number of likely N-dealkylation sites (tertiary alicyclic amines) is 1. The molecule has 164 valence electrons. The van der Waals surface area contributed by atoms with Gasteiger partial charge in [-0.05, 0) is 61.9 Å². The van der Waals surface area contributed by atoms with E-state index in [-0.39, 0.29) is 18.0 Å². The van der Waals surface area contributed by atoms with Crippen LogP contribution in [0.4, 0.5) is 0 Å². The highest BCUT2D eigenvalue weighted by molar-refractivity contribution is 6.32. The number of nitrogens with zero attached hydrogens (tertiary/aromatic N) is 2. The van der Waals surface area contributed by atoms with Crippen molar-refractivity contribution in [3.63, 3.8) is 0 Å². The number of carbonyl (C=O) groups excluding carboxylic acids is 1. The Balaban J connectivity index is 1.41. The Kier molecular flexibility index (Phi) is 7.09. The van der Waals surface area contributed by atoms with E-state index in [1.54, 1.807) is 0 Å². The Hall–Kier alpha value is -2.17. The van der Waals surface area contributed by atoms with Gasteiger partial charge in [0.05, 0.1) is 5.70 Å². The van der Waals surface area contributed by atoms with Crippen molar-refractivity contribution in [3.05, 3.63) is 69.4 Å². The minimum Gasteiger partial charge on any atom is -0.321 e. The van der Waals surface area contributed by atoms with Crippen LogP contribution in [0.25, 0.3) is 0 Å². The van der Waals surface area contributed by atoms with Crippen LogP contribution in [-0.4, -0.2) is 36.3 Å². The molecule has 1 fully saturated rings. The topological polar surface area (TPSA) is 44.7 Å². The van der Waals surface area contributed by atoms with Gasteiger partial charge in [0.15, 0.2) is 0 Å². The Morgan fingerprint density at radius 3 is 2.55 bits per heavy atom. The first-order valence-electron chi connectivity index (χ1n) is 11.4. The van der Waals surface area contributed by atoms with Gasteiger partial charge in [0.25, 0.3) is 5.91 Å².